The van der Waals surface area contributed by atoms with E-state index in [1.165, 1.54) is 22.5 Å². The van der Waals surface area contributed by atoms with E-state index >= 15 is 0 Å². The Bertz CT molecular complexity index is 1210. The molecule has 1 aromatic heterocycles. The van der Waals surface area contributed by atoms with E-state index in [0.29, 0.717) is 5.56 Å². The van der Waals surface area contributed by atoms with Gasteiger partial charge in [0, 0.05) is 13.0 Å². The first-order chi connectivity index (χ1) is 16.2. The summed E-state index contributed by atoms with van der Waals surface area (Å²) in [6.45, 7) is 5.24. The molecule has 3 aromatic carbocycles. The largest absolute Gasteiger partial charge is 0.323 e. The van der Waals surface area contributed by atoms with Crippen molar-refractivity contribution in [3.63, 3.8) is 0 Å². The van der Waals surface area contributed by atoms with Crippen LogP contribution in [0.5, 0.6) is 0 Å². The van der Waals surface area contributed by atoms with Gasteiger partial charge in [-0.3, -0.25) is 0 Å². The summed E-state index contributed by atoms with van der Waals surface area (Å²) in [4.78, 5) is 4.97. The molecule has 1 N–H and O–H groups in total. The van der Waals surface area contributed by atoms with Crippen LogP contribution in [0.15, 0.2) is 66.7 Å². The van der Waals surface area contributed by atoms with Crippen molar-refractivity contribution >= 4 is 11.0 Å². The molecule has 4 heteroatoms. The fourth-order valence-electron chi connectivity index (χ4n) is 4.09. The number of rotatable bonds is 7. The van der Waals surface area contributed by atoms with Crippen LogP contribution in [0.3, 0.4) is 0 Å². The SMILES string of the molecule is CCCCc1nc2cccc(CC)c2n1Cc1ccc(-c2ccccc2C#N)cc1.CNC. The molecule has 0 unspecified atom stereocenters. The number of imidazole rings is 1. The van der Waals surface area contributed by atoms with E-state index in [4.69, 9.17) is 4.98 Å². The predicted molar refractivity (Wildman–Crippen MR) is 138 cm³/mol. The number of nitrogens with one attached hydrogen (secondary N) is 1. The molecule has 0 radical (unpaired) electrons. The molecule has 0 fully saturated rings. The van der Waals surface area contributed by atoms with Crippen LogP contribution < -0.4 is 5.32 Å². The molecule has 0 saturated heterocycles. The van der Waals surface area contributed by atoms with Gasteiger partial charge >= 0.3 is 0 Å². The molecule has 0 amide bonds. The summed E-state index contributed by atoms with van der Waals surface area (Å²) in [6.07, 6.45) is 4.31. The molecule has 4 rings (SSSR count). The minimum absolute atomic E-state index is 0.709. The van der Waals surface area contributed by atoms with E-state index in [1.807, 2.05) is 38.4 Å². The van der Waals surface area contributed by atoms with E-state index in [1.54, 1.807) is 0 Å². The third-order valence-corrected chi connectivity index (χ3v) is 5.72. The molecule has 33 heavy (non-hydrogen) atoms. The highest BCUT2D eigenvalue weighted by atomic mass is 15.1. The molecule has 0 aliphatic carbocycles. The number of para-hydroxylation sites is 1. The lowest BCUT2D eigenvalue weighted by molar-refractivity contribution is 0.688. The zero-order valence-corrected chi connectivity index (χ0v) is 20.2. The van der Waals surface area contributed by atoms with Crippen LogP contribution in [-0.4, -0.2) is 23.6 Å². The standard InChI is InChI=1S/C27H27N3.C2H7N/c1-3-5-13-26-29-25-12-8-10-21(4-2)27(25)30(26)19-20-14-16-22(17-15-20)24-11-7-6-9-23(24)18-28;1-3-2/h6-12,14-17H,3-5,13,19H2,1-2H3;3H,1-2H3. The van der Waals surface area contributed by atoms with Crippen LogP contribution in [0.1, 0.15) is 49.2 Å². The van der Waals surface area contributed by atoms with Gasteiger partial charge in [-0.2, -0.15) is 5.26 Å². The van der Waals surface area contributed by atoms with Crippen molar-refractivity contribution in [2.24, 2.45) is 0 Å². The van der Waals surface area contributed by atoms with Gasteiger partial charge < -0.3 is 9.88 Å². The van der Waals surface area contributed by atoms with Crippen LogP contribution in [0, 0.1) is 11.3 Å². The van der Waals surface area contributed by atoms with Crippen molar-refractivity contribution in [2.75, 3.05) is 14.1 Å². The minimum Gasteiger partial charge on any atom is -0.323 e. The minimum atomic E-state index is 0.709. The first-order valence-electron chi connectivity index (χ1n) is 11.8. The molecule has 170 valence electrons. The molecule has 0 spiro atoms. The number of nitrogens with zero attached hydrogens (tertiary/aromatic N) is 3. The zero-order valence-electron chi connectivity index (χ0n) is 20.2. The van der Waals surface area contributed by atoms with E-state index in [9.17, 15) is 5.26 Å². The Morgan fingerprint density at radius 3 is 2.33 bits per heavy atom. The first-order valence-corrected chi connectivity index (χ1v) is 11.8. The Balaban J connectivity index is 0.000000968. The second-order valence-corrected chi connectivity index (χ2v) is 8.21. The Hall–Kier alpha value is -3.42. The smallest absolute Gasteiger partial charge is 0.110 e. The Morgan fingerprint density at radius 1 is 0.939 bits per heavy atom. The maximum Gasteiger partial charge on any atom is 0.110 e. The maximum absolute atomic E-state index is 9.40. The molecular formula is C29H34N4. The normalized spacial score (nSPS) is 10.5. The van der Waals surface area contributed by atoms with Gasteiger partial charge in [-0.25, -0.2) is 4.98 Å². The van der Waals surface area contributed by atoms with Crippen LogP contribution in [0.2, 0.25) is 0 Å². The van der Waals surface area contributed by atoms with Crippen LogP contribution in [0.4, 0.5) is 0 Å². The summed E-state index contributed by atoms with van der Waals surface area (Å²) in [7, 11) is 3.75. The Morgan fingerprint density at radius 2 is 1.67 bits per heavy atom. The quantitative estimate of drug-likeness (QED) is 0.365. The molecule has 0 atom stereocenters. The molecule has 4 aromatic rings. The maximum atomic E-state index is 9.40. The summed E-state index contributed by atoms with van der Waals surface area (Å²) in [5.41, 5.74) is 7.73. The number of nitriles is 1. The van der Waals surface area contributed by atoms with E-state index in [2.05, 4.69) is 72.3 Å². The van der Waals surface area contributed by atoms with Gasteiger partial charge in [0.15, 0.2) is 0 Å². The van der Waals surface area contributed by atoms with Crippen molar-refractivity contribution in [1.29, 1.82) is 5.26 Å². The van der Waals surface area contributed by atoms with Crippen molar-refractivity contribution in [2.45, 2.75) is 46.1 Å². The molecule has 4 nitrogen and oxygen atoms in total. The lowest BCUT2D eigenvalue weighted by Gasteiger charge is -2.12. The van der Waals surface area contributed by atoms with Crippen molar-refractivity contribution in [3.05, 3.63) is 89.2 Å². The highest BCUT2D eigenvalue weighted by molar-refractivity contribution is 5.80. The van der Waals surface area contributed by atoms with E-state index < -0.39 is 0 Å². The number of hydrogen-bond donors (Lipinski definition) is 1. The Labute approximate surface area is 197 Å². The third-order valence-electron chi connectivity index (χ3n) is 5.72. The molecule has 0 saturated carbocycles. The summed E-state index contributed by atoms with van der Waals surface area (Å²) in [5, 5.41) is 12.1. The third kappa shape index (κ3) is 5.69. The number of unbranched alkanes of at least 4 members (excludes halogenated alkanes) is 1. The van der Waals surface area contributed by atoms with Gasteiger partial charge in [0.05, 0.1) is 22.7 Å². The number of hydrogen-bond acceptors (Lipinski definition) is 3. The van der Waals surface area contributed by atoms with Gasteiger partial charge in [-0.1, -0.05) is 74.9 Å². The van der Waals surface area contributed by atoms with Crippen LogP contribution >= 0.6 is 0 Å². The van der Waals surface area contributed by atoms with Crippen LogP contribution in [-0.2, 0) is 19.4 Å². The predicted octanol–water partition coefficient (Wildman–Crippen LogP) is 6.36. The fraction of sp³-hybridized carbons (Fsp3) is 0.310. The van der Waals surface area contributed by atoms with Crippen LogP contribution in [0.25, 0.3) is 22.2 Å². The summed E-state index contributed by atoms with van der Waals surface area (Å²) in [6, 6.07) is 25.1. The van der Waals surface area contributed by atoms with Crippen molar-refractivity contribution < 1.29 is 0 Å². The lowest BCUT2D eigenvalue weighted by Crippen LogP contribution is -2.06. The second kappa shape index (κ2) is 12.0. The molecule has 0 aliphatic rings. The fourth-order valence-corrected chi connectivity index (χ4v) is 4.09. The topological polar surface area (TPSA) is 53.6 Å². The van der Waals surface area contributed by atoms with E-state index in [0.717, 1.165) is 48.9 Å². The second-order valence-electron chi connectivity index (χ2n) is 8.21. The molecule has 0 bridgehead atoms. The first kappa shape index (κ1) is 24.2. The van der Waals surface area contributed by atoms with Crippen molar-refractivity contribution in [1.82, 2.24) is 14.9 Å². The highest BCUT2D eigenvalue weighted by Crippen LogP contribution is 2.26. The number of aromatic nitrogens is 2. The zero-order chi connectivity index (χ0) is 23.6. The molecule has 1 heterocycles. The molecular weight excluding hydrogens is 404 g/mol. The summed E-state index contributed by atoms with van der Waals surface area (Å²) in [5.74, 6) is 1.17. The molecule has 0 aliphatic heterocycles. The number of aryl methyl sites for hydroxylation is 2. The van der Waals surface area contributed by atoms with Gasteiger partial charge in [-0.05, 0) is 61.3 Å². The lowest BCUT2D eigenvalue weighted by atomic mass is 9.99. The summed E-state index contributed by atoms with van der Waals surface area (Å²) >= 11 is 0. The number of benzene rings is 3. The van der Waals surface area contributed by atoms with Gasteiger partial charge in [0.25, 0.3) is 0 Å². The Kier molecular flexibility index (Phi) is 8.80. The van der Waals surface area contributed by atoms with Gasteiger partial charge in [0.2, 0.25) is 0 Å². The number of fused-ring (bicyclic) bond motifs is 1. The summed E-state index contributed by atoms with van der Waals surface area (Å²) < 4.78 is 2.40. The van der Waals surface area contributed by atoms with Gasteiger partial charge in [0.1, 0.15) is 5.82 Å². The van der Waals surface area contributed by atoms with Gasteiger partial charge in [-0.15, -0.1) is 0 Å². The average molecular weight is 439 g/mol. The van der Waals surface area contributed by atoms with E-state index in [-0.39, 0.29) is 0 Å². The van der Waals surface area contributed by atoms with Crippen molar-refractivity contribution in [3.8, 4) is 17.2 Å². The average Bonchev–Trinajstić information content (AvgIpc) is 3.21. The highest BCUT2D eigenvalue weighted by Gasteiger charge is 2.14. The monoisotopic (exact) mass is 438 g/mol.